The van der Waals surface area contributed by atoms with E-state index in [1.165, 1.54) is 29.6 Å². The third-order valence-corrected chi connectivity index (χ3v) is 7.48. The number of nitrogens with zero attached hydrogens (tertiary/aromatic N) is 2. The molecule has 3 aromatic rings. The molecule has 0 bridgehead atoms. The second kappa shape index (κ2) is 8.82. The topological polar surface area (TPSA) is 88.6 Å². The van der Waals surface area contributed by atoms with Crippen molar-refractivity contribution >= 4 is 44.0 Å². The molecule has 7 nitrogen and oxygen atoms in total. The summed E-state index contributed by atoms with van der Waals surface area (Å²) in [5.41, 5.74) is 0.367. The van der Waals surface area contributed by atoms with E-state index in [1.54, 1.807) is 6.07 Å². The fraction of sp³-hybridized carbons (Fsp3) is 0.273. The van der Waals surface area contributed by atoms with Crippen LogP contribution in [-0.2, 0) is 10.0 Å². The summed E-state index contributed by atoms with van der Waals surface area (Å²) >= 11 is 6.24. The highest BCUT2D eigenvalue weighted by Crippen LogP contribution is 2.31. The predicted molar refractivity (Wildman–Crippen MR) is 120 cm³/mol. The zero-order valence-electron chi connectivity index (χ0n) is 17.0. The molecule has 162 valence electrons. The van der Waals surface area contributed by atoms with Gasteiger partial charge in [0.1, 0.15) is 16.6 Å². The van der Waals surface area contributed by atoms with Crippen molar-refractivity contribution in [3.63, 3.8) is 0 Å². The Labute approximate surface area is 186 Å². The van der Waals surface area contributed by atoms with Crippen molar-refractivity contribution in [3.8, 4) is 5.75 Å². The highest BCUT2D eigenvalue weighted by molar-refractivity contribution is 7.89. The first-order valence-corrected chi connectivity index (χ1v) is 11.8. The molecule has 9 heteroatoms. The summed E-state index contributed by atoms with van der Waals surface area (Å²) in [6.45, 7) is 0.991. The van der Waals surface area contributed by atoms with Gasteiger partial charge in [0, 0.05) is 18.5 Å². The lowest BCUT2D eigenvalue weighted by Gasteiger charge is -2.26. The number of hydrogen-bond acceptors (Lipinski definition) is 5. The second-order valence-electron chi connectivity index (χ2n) is 7.30. The van der Waals surface area contributed by atoms with E-state index in [4.69, 9.17) is 16.3 Å². The van der Waals surface area contributed by atoms with Crippen LogP contribution in [0.3, 0.4) is 0 Å². The number of carbonyl (C=O) groups is 1. The van der Waals surface area contributed by atoms with Crippen LogP contribution in [0.15, 0.2) is 53.4 Å². The molecule has 1 aromatic heterocycles. The summed E-state index contributed by atoms with van der Waals surface area (Å²) in [7, 11) is -2.20. The zero-order chi connectivity index (χ0) is 22.0. The lowest BCUT2D eigenvalue weighted by atomic mass is 10.1. The molecule has 31 heavy (non-hydrogen) atoms. The van der Waals surface area contributed by atoms with Gasteiger partial charge in [-0.25, -0.2) is 13.4 Å². The van der Waals surface area contributed by atoms with Gasteiger partial charge in [-0.3, -0.25) is 4.79 Å². The fourth-order valence-electron chi connectivity index (χ4n) is 3.66. The third kappa shape index (κ3) is 4.37. The predicted octanol–water partition coefficient (Wildman–Crippen LogP) is 4.32. The number of rotatable bonds is 5. The second-order valence-corrected chi connectivity index (χ2v) is 9.60. The summed E-state index contributed by atoms with van der Waals surface area (Å²) in [6.07, 6.45) is 2.71. The van der Waals surface area contributed by atoms with Crippen molar-refractivity contribution in [1.29, 1.82) is 0 Å². The van der Waals surface area contributed by atoms with Crippen molar-refractivity contribution < 1.29 is 17.9 Å². The van der Waals surface area contributed by atoms with Gasteiger partial charge in [-0.2, -0.15) is 4.31 Å². The zero-order valence-corrected chi connectivity index (χ0v) is 18.5. The summed E-state index contributed by atoms with van der Waals surface area (Å²) in [5, 5.41) is 4.46. The quantitative estimate of drug-likeness (QED) is 0.574. The van der Waals surface area contributed by atoms with Gasteiger partial charge >= 0.3 is 0 Å². The van der Waals surface area contributed by atoms with Gasteiger partial charge in [0.2, 0.25) is 10.0 Å². The number of benzene rings is 2. The van der Waals surface area contributed by atoms with Crippen molar-refractivity contribution in [3.05, 3.63) is 59.4 Å². The molecule has 0 saturated carbocycles. The average molecular weight is 460 g/mol. The number of pyridine rings is 1. The number of halogens is 1. The lowest BCUT2D eigenvalue weighted by molar-refractivity contribution is 0.102. The number of piperidine rings is 1. The first-order chi connectivity index (χ1) is 14.9. The Bertz CT molecular complexity index is 1240. The van der Waals surface area contributed by atoms with Gasteiger partial charge in [-0.05, 0) is 42.5 Å². The fourth-order valence-corrected chi connectivity index (χ4v) is 5.47. The first kappa shape index (κ1) is 21.5. The van der Waals surface area contributed by atoms with Gasteiger partial charge in [-0.1, -0.05) is 42.3 Å². The molecule has 1 saturated heterocycles. The standard InChI is InChI=1S/C22H22ClN3O4S/c1-30-20-10-9-16(31(28,29)26-11-5-2-6-12-26)14-18(20)25-22(27)19-13-15-7-3-4-8-17(15)21(23)24-19/h3-4,7-10,13-14H,2,5-6,11-12H2,1H3,(H,25,27). The van der Waals surface area contributed by atoms with Crippen LogP contribution in [0.2, 0.25) is 5.15 Å². The number of amides is 1. The number of sulfonamides is 1. The van der Waals surface area contributed by atoms with E-state index >= 15 is 0 Å². The van der Waals surface area contributed by atoms with E-state index < -0.39 is 15.9 Å². The molecule has 1 aliphatic rings. The molecule has 0 atom stereocenters. The number of fused-ring (bicyclic) bond motifs is 1. The highest BCUT2D eigenvalue weighted by Gasteiger charge is 2.27. The third-order valence-electron chi connectivity index (χ3n) is 5.30. The number of aromatic nitrogens is 1. The largest absolute Gasteiger partial charge is 0.495 e. The summed E-state index contributed by atoms with van der Waals surface area (Å²) in [4.78, 5) is 17.2. The van der Waals surface area contributed by atoms with Crippen LogP contribution in [0.1, 0.15) is 29.8 Å². The van der Waals surface area contributed by atoms with Crippen LogP contribution in [0.5, 0.6) is 5.75 Å². The monoisotopic (exact) mass is 459 g/mol. The number of nitrogens with one attached hydrogen (secondary N) is 1. The highest BCUT2D eigenvalue weighted by atomic mass is 35.5. The Balaban J connectivity index is 1.66. The van der Waals surface area contributed by atoms with E-state index in [2.05, 4.69) is 10.3 Å². The van der Waals surface area contributed by atoms with Gasteiger partial charge < -0.3 is 10.1 Å². The number of methoxy groups -OCH3 is 1. The number of ether oxygens (including phenoxy) is 1. The van der Waals surface area contributed by atoms with Crippen molar-refractivity contribution in [2.75, 3.05) is 25.5 Å². The molecule has 4 rings (SSSR count). The number of hydrogen-bond donors (Lipinski definition) is 1. The van der Waals surface area contributed by atoms with Crippen LogP contribution < -0.4 is 10.1 Å². The van der Waals surface area contributed by atoms with Crippen LogP contribution in [0.4, 0.5) is 5.69 Å². The lowest BCUT2D eigenvalue weighted by Crippen LogP contribution is -2.35. The molecule has 0 radical (unpaired) electrons. The van der Waals surface area contributed by atoms with Gasteiger partial charge in [0.25, 0.3) is 5.91 Å². The number of anilines is 1. The number of carbonyl (C=O) groups excluding carboxylic acids is 1. The molecular weight excluding hydrogens is 438 g/mol. The van der Waals surface area contributed by atoms with E-state index in [1.807, 2.05) is 24.3 Å². The average Bonchev–Trinajstić information content (AvgIpc) is 2.79. The van der Waals surface area contributed by atoms with Gasteiger partial charge in [-0.15, -0.1) is 0 Å². The molecule has 1 N–H and O–H groups in total. The van der Waals surface area contributed by atoms with Crippen molar-refractivity contribution in [2.24, 2.45) is 0 Å². The molecule has 2 heterocycles. The molecule has 2 aromatic carbocycles. The van der Waals surface area contributed by atoms with E-state index in [-0.39, 0.29) is 21.4 Å². The molecule has 1 fully saturated rings. The Hall–Kier alpha value is -2.68. The van der Waals surface area contributed by atoms with Gasteiger partial charge in [0.15, 0.2) is 0 Å². The molecule has 0 aliphatic carbocycles. The van der Waals surface area contributed by atoms with E-state index in [0.29, 0.717) is 18.8 Å². The van der Waals surface area contributed by atoms with Crippen molar-refractivity contribution in [2.45, 2.75) is 24.2 Å². The minimum atomic E-state index is -3.66. The van der Waals surface area contributed by atoms with Crippen LogP contribution in [0.25, 0.3) is 10.8 Å². The molecule has 0 spiro atoms. The van der Waals surface area contributed by atoms with E-state index in [0.717, 1.165) is 30.0 Å². The summed E-state index contributed by atoms with van der Waals surface area (Å²) in [6, 6.07) is 13.4. The van der Waals surface area contributed by atoms with E-state index in [9.17, 15) is 13.2 Å². The van der Waals surface area contributed by atoms with Crippen LogP contribution in [0, 0.1) is 0 Å². The molecule has 1 amide bonds. The Morgan fingerprint density at radius 1 is 1.10 bits per heavy atom. The van der Waals surface area contributed by atoms with Crippen LogP contribution >= 0.6 is 11.6 Å². The van der Waals surface area contributed by atoms with Gasteiger partial charge in [0.05, 0.1) is 17.7 Å². The van der Waals surface area contributed by atoms with Crippen LogP contribution in [-0.4, -0.2) is 43.8 Å². The normalized spacial score (nSPS) is 15.0. The maximum atomic E-state index is 13.0. The SMILES string of the molecule is COc1ccc(S(=O)(=O)N2CCCCC2)cc1NC(=O)c1cc2ccccc2c(Cl)n1. The minimum absolute atomic E-state index is 0.106. The maximum Gasteiger partial charge on any atom is 0.274 e. The minimum Gasteiger partial charge on any atom is -0.495 e. The maximum absolute atomic E-state index is 13.0. The first-order valence-electron chi connectivity index (χ1n) is 9.95. The molecule has 0 unspecified atom stereocenters. The van der Waals surface area contributed by atoms with Crippen molar-refractivity contribution in [1.82, 2.24) is 9.29 Å². The summed E-state index contributed by atoms with van der Waals surface area (Å²) in [5.74, 6) is -0.170. The summed E-state index contributed by atoms with van der Waals surface area (Å²) < 4.78 is 32.9. The Kier molecular flexibility index (Phi) is 6.13. The Morgan fingerprint density at radius 3 is 2.58 bits per heavy atom. The molecule has 1 aliphatic heterocycles. The smallest absolute Gasteiger partial charge is 0.274 e. The Morgan fingerprint density at radius 2 is 1.84 bits per heavy atom. The molecular formula is C22H22ClN3O4S.